The lowest BCUT2D eigenvalue weighted by Crippen LogP contribution is -2.38. The van der Waals surface area contributed by atoms with Gasteiger partial charge >= 0.3 is 6.09 Å². The summed E-state index contributed by atoms with van der Waals surface area (Å²) in [6.45, 7) is 2.08. The molecule has 1 aromatic carbocycles. The van der Waals surface area contributed by atoms with Crippen molar-refractivity contribution in [3.05, 3.63) is 27.7 Å². The molecule has 2 fully saturated rings. The van der Waals surface area contributed by atoms with Crippen LogP contribution in [0.1, 0.15) is 24.8 Å². The van der Waals surface area contributed by atoms with Crippen molar-refractivity contribution in [3.63, 3.8) is 0 Å². The minimum atomic E-state index is -0.412. The van der Waals surface area contributed by atoms with Crippen molar-refractivity contribution in [2.45, 2.75) is 31.4 Å². The second-order valence-corrected chi connectivity index (χ2v) is 6.59. The number of phenols is 1. The first kappa shape index (κ1) is 16.2. The maximum Gasteiger partial charge on any atom is 0.410 e. The van der Waals surface area contributed by atoms with E-state index in [1.54, 1.807) is 4.90 Å². The van der Waals surface area contributed by atoms with Crippen LogP contribution in [0.15, 0.2) is 12.1 Å². The highest BCUT2D eigenvalue weighted by Crippen LogP contribution is 2.45. The average Bonchev–Trinajstić information content (AvgIpc) is 3.03. The molecule has 1 unspecified atom stereocenters. The SMILES string of the molecule is CC(=O)NCC1OC(=O)N2C[C@@H](c3c(O)ccc(Cl)c3Cl)C[C@@H]12. The van der Waals surface area contributed by atoms with Gasteiger partial charge in [-0.2, -0.15) is 0 Å². The molecule has 2 heterocycles. The number of aromatic hydroxyl groups is 1. The summed E-state index contributed by atoms with van der Waals surface area (Å²) >= 11 is 12.3. The Hall–Kier alpha value is -1.66. The van der Waals surface area contributed by atoms with Crippen molar-refractivity contribution in [1.82, 2.24) is 10.2 Å². The van der Waals surface area contributed by atoms with Gasteiger partial charge in [-0.1, -0.05) is 23.2 Å². The lowest BCUT2D eigenvalue weighted by molar-refractivity contribution is -0.119. The van der Waals surface area contributed by atoms with E-state index in [4.69, 9.17) is 27.9 Å². The molecule has 2 aliphatic rings. The average molecular weight is 359 g/mol. The van der Waals surface area contributed by atoms with Crippen LogP contribution < -0.4 is 5.32 Å². The van der Waals surface area contributed by atoms with Gasteiger partial charge in [-0.3, -0.25) is 4.79 Å². The van der Waals surface area contributed by atoms with Gasteiger partial charge in [0.05, 0.1) is 22.6 Å². The Bertz CT molecular complexity index is 667. The lowest BCUT2D eigenvalue weighted by Gasteiger charge is -2.17. The Balaban J connectivity index is 1.81. The van der Waals surface area contributed by atoms with Crippen LogP contribution in [0.2, 0.25) is 10.0 Å². The van der Waals surface area contributed by atoms with E-state index in [1.165, 1.54) is 19.1 Å². The molecule has 3 atom stereocenters. The van der Waals surface area contributed by atoms with E-state index in [0.717, 1.165) is 0 Å². The van der Waals surface area contributed by atoms with Crippen LogP contribution in [0, 0.1) is 0 Å². The second kappa shape index (κ2) is 6.09. The van der Waals surface area contributed by atoms with Crippen molar-refractivity contribution < 1.29 is 19.4 Å². The minimum Gasteiger partial charge on any atom is -0.508 e. The van der Waals surface area contributed by atoms with Crippen molar-refractivity contribution in [1.29, 1.82) is 0 Å². The van der Waals surface area contributed by atoms with Gasteiger partial charge in [0.1, 0.15) is 11.9 Å². The summed E-state index contributed by atoms with van der Waals surface area (Å²) in [5, 5.41) is 13.5. The van der Waals surface area contributed by atoms with E-state index in [1.807, 2.05) is 0 Å². The van der Waals surface area contributed by atoms with Crippen molar-refractivity contribution in [2.24, 2.45) is 0 Å². The summed E-state index contributed by atoms with van der Waals surface area (Å²) in [6.07, 6.45) is -0.231. The summed E-state index contributed by atoms with van der Waals surface area (Å²) in [5.74, 6) is -0.235. The molecule has 0 aliphatic carbocycles. The van der Waals surface area contributed by atoms with Crippen LogP contribution >= 0.6 is 23.2 Å². The van der Waals surface area contributed by atoms with Gasteiger partial charge in [-0.15, -0.1) is 0 Å². The molecule has 0 radical (unpaired) electrons. The number of hydrogen-bond donors (Lipinski definition) is 2. The molecule has 124 valence electrons. The second-order valence-electron chi connectivity index (χ2n) is 5.81. The lowest BCUT2D eigenvalue weighted by atomic mass is 9.93. The zero-order valence-corrected chi connectivity index (χ0v) is 13.9. The molecular weight excluding hydrogens is 343 g/mol. The van der Waals surface area contributed by atoms with Crippen LogP contribution in [0.4, 0.5) is 4.79 Å². The molecule has 6 nitrogen and oxygen atoms in total. The number of hydrogen-bond acceptors (Lipinski definition) is 4. The van der Waals surface area contributed by atoms with Gasteiger partial charge in [-0.25, -0.2) is 4.79 Å². The Morgan fingerprint density at radius 2 is 2.22 bits per heavy atom. The molecule has 8 heteroatoms. The van der Waals surface area contributed by atoms with E-state index in [9.17, 15) is 14.7 Å². The van der Waals surface area contributed by atoms with Crippen molar-refractivity contribution >= 4 is 35.2 Å². The summed E-state index contributed by atoms with van der Waals surface area (Å²) in [4.78, 5) is 24.7. The monoisotopic (exact) mass is 358 g/mol. The summed E-state index contributed by atoms with van der Waals surface area (Å²) < 4.78 is 5.30. The van der Waals surface area contributed by atoms with Gasteiger partial charge in [0.2, 0.25) is 5.91 Å². The number of nitrogens with one attached hydrogen (secondary N) is 1. The maximum absolute atomic E-state index is 12.0. The summed E-state index contributed by atoms with van der Waals surface area (Å²) in [6, 6.07) is 2.88. The number of cyclic esters (lactones) is 1. The van der Waals surface area contributed by atoms with Gasteiger partial charge in [0.25, 0.3) is 0 Å². The first-order valence-corrected chi connectivity index (χ1v) is 8.02. The van der Waals surface area contributed by atoms with E-state index in [-0.39, 0.29) is 30.2 Å². The molecule has 2 aliphatic heterocycles. The molecule has 23 heavy (non-hydrogen) atoms. The first-order valence-electron chi connectivity index (χ1n) is 7.27. The topological polar surface area (TPSA) is 78.9 Å². The predicted molar refractivity (Wildman–Crippen MR) is 84.9 cm³/mol. The quantitative estimate of drug-likeness (QED) is 0.869. The number of benzene rings is 1. The third-order valence-electron chi connectivity index (χ3n) is 4.33. The van der Waals surface area contributed by atoms with Crippen molar-refractivity contribution in [3.8, 4) is 5.75 Å². The number of nitrogens with zero attached hydrogens (tertiary/aromatic N) is 1. The first-order chi connectivity index (χ1) is 10.9. The summed E-state index contributed by atoms with van der Waals surface area (Å²) in [7, 11) is 0. The number of carbonyl (C=O) groups is 2. The Morgan fingerprint density at radius 1 is 1.48 bits per heavy atom. The van der Waals surface area contributed by atoms with E-state index >= 15 is 0 Å². The fourth-order valence-electron chi connectivity index (χ4n) is 3.28. The molecule has 0 spiro atoms. The number of amides is 2. The molecule has 3 rings (SSSR count). The van der Waals surface area contributed by atoms with Crippen molar-refractivity contribution in [2.75, 3.05) is 13.1 Å². The molecule has 2 saturated heterocycles. The minimum absolute atomic E-state index is 0.0670. The van der Waals surface area contributed by atoms with Crippen LogP contribution in [-0.2, 0) is 9.53 Å². The fraction of sp³-hybridized carbons (Fsp3) is 0.467. The molecule has 0 aromatic heterocycles. The predicted octanol–water partition coefficient (Wildman–Crippen LogP) is 2.51. The number of carbonyl (C=O) groups excluding carboxylic acids is 2. The molecule has 0 bridgehead atoms. The molecular formula is C15H16Cl2N2O4. The molecule has 0 saturated carbocycles. The van der Waals surface area contributed by atoms with Gasteiger partial charge in [-0.05, 0) is 18.6 Å². The standard InChI is InChI=1S/C15H16Cl2N2O4/c1-7(20)18-5-12-10-4-8(6-19(10)15(22)23-12)13-11(21)3-2-9(16)14(13)17/h2-3,8,10,12,21H,4-6H2,1H3,(H,18,20)/t8-,10-,12?/m0/s1. The highest BCUT2D eigenvalue weighted by Gasteiger charge is 2.49. The van der Waals surface area contributed by atoms with Crippen LogP contribution in [0.3, 0.4) is 0 Å². The molecule has 2 amide bonds. The van der Waals surface area contributed by atoms with Gasteiger partial charge in [0, 0.05) is 24.9 Å². The Morgan fingerprint density at radius 3 is 2.91 bits per heavy atom. The third kappa shape index (κ3) is 2.93. The maximum atomic E-state index is 12.0. The number of ether oxygens (including phenoxy) is 1. The number of phenolic OH excluding ortho intramolecular Hbond substituents is 1. The normalized spacial score (nSPS) is 26.1. The van der Waals surface area contributed by atoms with Gasteiger partial charge in [0.15, 0.2) is 0 Å². The fourth-order valence-corrected chi connectivity index (χ4v) is 3.76. The highest BCUT2D eigenvalue weighted by atomic mass is 35.5. The number of halogens is 2. The Labute approximate surface area is 143 Å². The Kier molecular flexibility index (Phi) is 4.29. The van der Waals surface area contributed by atoms with E-state index in [0.29, 0.717) is 28.6 Å². The van der Waals surface area contributed by atoms with Crippen LogP contribution in [0.5, 0.6) is 5.75 Å². The molecule has 2 N–H and O–H groups in total. The van der Waals surface area contributed by atoms with Gasteiger partial charge < -0.3 is 20.1 Å². The van der Waals surface area contributed by atoms with E-state index < -0.39 is 12.2 Å². The zero-order valence-electron chi connectivity index (χ0n) is 12.4. The zero-order chi connectivity index (χ0) is 16.7. The largest absolute Gasteiger partial charge is 0.508 e. The number of rotatable bonds is 3. The van der Waals surface area contributed by atoms with Crippen LogP contribution in [-0.4, -0.2) is 47.2 Å². The third-order valence-corrected chi connectivity index (χ3v) is 5.15. The van der Waals surface area contributed by atoms with E-state index in [2.05, 4.69) is 5.32 Å². The molecule has 1 aromatic rings. The number of fused-ring (bicyclic) bond motifs is 1. The highest BCUT2D eigenvalue weighted by molar-refractivity contribution is 6.42. The summed E-state index contributed by atoms with van der Waals surface area (Å²) in [5.41, 5.74) is 0.555. The smallest absolute Gasteiger partial charge is 0.410 e. The van der Waals surface area contributed by atoms with Crippen LogP contribution in [0.25, 0.3) is 0 Å².